The predicted octanol–water partition coefficient (Wildman–Crippen LogP) is 2.89. The molecule has 2 N–H and O–H groups in total. The normalized spacial score (nSPS) is 12.3. The van der Waals surface area contributed by atoms with Gasteiger partial charge in [0.15, 0.2) is 0 Å². The fraction of sp³-hybridized carbons (Fsp3) is 0.333. The van der Waals surface area contributed by atoms with Gasteiger partial charge in [-0.1, -0.05) is 0 Å². The summed E-state index contributed by atoms with van der Waals surface area (Å²) in [5.41, 5.74) is 0.142. The summed E-state index contributed by atoms with van der Waals surface area (Å²) in [4.78, 5) is 21.2. The second kappa shape index (κ2) is 4.76. The Bertz CT molecular complexity index is 522. The molecule has 1 rings (SSSR count). The van der Waals surface area contributed by atoms with Gasteiger partial charge in [0, 0.05) is 0 Å². The van der Waals surface area contributed by atoms with Crippen LogP contribution in [0, 0.1) is 6.92 Å². The Hall–Kier alpha value is -1.71. The Morgan fingerprint density at radius 1 is 1.26 bits per heavy atom. The average molecular weight is 303 g/mol. The summed E-state index contributed by atoms with van der Waals surface area (Å²) >= 11 is 0.391. The minimum atomic E-state index is -6.01. The molecule has 1 aromatic heterocycles. The highest BCUT2D eigenvalue weighted by molar-refractivity contribution is 7.18. The van der Waals surface area contributed by atoms with E-state index in [-0.39, 0.29) is 10.4 Å². The Balaban J connectivity index is 2.95. The number of hydrogen-bond acceptors (Lipinski definition) is 3. The lowest BCUT2D eigenvalue weighted by Gasteiger charge is -2.17. The van der Waals surface area contributed by atoms with Crippen molar-refractivity contribution in [2.45, 2.75) is 19.0 Å². The second-order valence-corrected chi connectivity index (χ2v) is 4.51. The first-order valence-corrected chi connectivity index (χ1v) is 5.38. The molecule has 1 heterocycles. The highest BCUT2D eigenvalue weighted by atomic mass is 32.1. The number of carbonyl (C=O) groups is 2. The number of carboxylic acid groups (broad SMARTS) is 1. The number of carboxylic acids is 1. The Morgan fingerprint density at radius 3 is 2.16 bits per heavy atom. The molecular weight excluding hydrogens is 297 g/mol. The molecule has 0 spiro atoms. The number of alkyl halides is 5. The van der Waals surface area contributed by atoms with Crippen molar-refractivity contribution >= 4 is 28.2 Å². The van der Waals surface area contributed by atoms with E-state index in [0.717, 1.165) is 6.07 Å². The monoisotopic (exact) mass is 303 g/mol. The van der Waals surface area contributed by atoms with Crippen molar-refractivity contribution in [3.8, 4) is 0 Å². The predicted molar refractivity (Wildman–Crippen MR) is 55.6 cm³/mol. The SMILES string of the molecule is Cc1cc(NC(=O)C(F)(F)C(F)(F)F)sc1C(=O)O. The number of anilines is 1. The number of carbonyl (C=O) groups excluding carboxylic acids is 1. The minimum Gasteiger partial charge on any atom is -0.477 e. The molecule has 19 heavy (non-hydrogen) atoms. The lowest BCUT2D eigenvalue weighted by atomic mass is 10.3. The van der Waals surface area contributed by atoms with Crippen LogP contribution in [-0.4, -0.2) is 29.1 Å². The van der Waals surface area contributed by atoms with Crippen molar-refractivity contribution in [3.05, 3.63) is 16.5 Å². The number of nitrogens with one attached hydrogen (secondary N) is 1. The van der Waals surface area contributed by atoms with Gasteiger partial charge in [0.25, 0.3) is 0 Å². The van der Waals surface area contributed by atoms with Gasteiger partial charge in [0.1, 0.15) is 4.88 Å². The van der Waals surface area contributed by atoms with Gasteiger partial charge in [-0.15, -0.1) is 11.3 Å². The van der Waals surface area contributed by atoms with Crippen LogP contribution in [0.15, 0.2) is 6.07 Å². The smallest absolute Gasteiger partial charge is 0.463 e. The topological polar surface area (TPSA) is 66.4 Å². The quantitative estimate of drug-likeness (QED) is 0.844. The molecule has 1 aromatic rings. The summed E-state index contributed by atoms with van der Waals surface area (Å²) in [5.74, 6) is -9.47. The third-order valence-corrected chi connectivity index (χ3v) is 3.13. The van der Waals surface area contributed by atoms with Crippen molar-refractivity contribution in [2.24, 2.45) is 0 Å². The number of thiophene rings is 1. The summed E-state index contributed by atoms with van der Waals surface area (Å²) in [6.45, 7) is 1.32. The molecule has 0 aliphatic heterocycles. The molecule has 0 saturated carbocycles. The van der Waals surface area contributed by atoms with E-state index in [1.807, 2.05) is 0 Å². The number of halogens is 5. The van der Waals surface area contributed by atoms with Gasteiger partial charge in [-0.3, -0.25) is 4.79 Å². The van der Waals surface area contributed by atoms with Gasteiger partial charge in [-0.25, -0.2) is 4.79 Å². The molecule has 0 fully saturated rings. The summed E-state index contributed by atoms with van der Waals surface area (Å²) in [5, 5.41) is 9.62. The van der Waals surface area contributed by atoms with Gasteiger partial charge in [0.05, 0.1) is 5.00 Å². The standard InChI is InChI=1S/C9H6F5NO3S/c1-3-2-4(19-5(3)6(16)17)15-7(18)8(10,11)9(12,13)14/h2H,1H3,(H,15,18)(H,16,17). The van der Waals surface area contributed by atoms with E-state index in [0.29, 0.717) is 11.3 Å². The Morgan fingerprint density at radius 2 is 1.79 bits per heavy atom. The Kier molecular flexibility index (Phi) is 3.84. The van der Waals surface area contributed by atoms with E-state index in [1.54, 1.807) is 0 Å². The molecule has 0 aliphatic carbocycles. The van der Waals surface area contributed by atoms with E-state index in [9.17, 15) is 31.5 Å². The maximum Gasteiger partial charge on any atom is 0.463 e. The molecule has 0 unspecified atom stereocenters. The van der Waals surface area contributed by atoms with Gasteiger partial charge in [-0.05, 0) is 18.6 Å². The molecule has 0 bridgehead atoms. The van der Waals surface area contributed by atoms with E-state index >= 15 is 0 Å². The van der Waals surface area contributed by atoms with Crippen molar-refractivity contribution in [2.75, 3.05) is 5.32 Å². The summed E-state index contributed by atoms with van der Waals surface area (Å²) in [6, 6.07) is 0.998. The van der Waals surface area contributed by atoms with Gasteiger partial charge in [0.2, 0.25) is 0 Å². The summed E-state index contributed by atoms with van der Waals surface area (Å²) in [6.07, 6.45) is -6.01. The number of aryl methyl sites for hydroxylation is 1. The van der Waals surface area contributed by atoms with Crippen molar-refractivity contribution in [1.82, 2.24) is 0 Å². The minimum absolute atomic E-state index is 0.142. The van der Waals surface area contributed by atoms with Crippen LogP contribution in [0.5, 0.6) is 0 Å². The second-order valence-electron chi connectivity index (χ2n) is 3.45. The van der Waals surface area contributed by atoms with Crippen LogP contribution in [0.2, 0.25) is 0 Å². The number of amides is 1. The molecule has 10 heteroatoms. The van der Waals surface area contributed by atoms with Crippen LogP contribution in [0.3, 0.4) is 0 Å². The first-order chi connectivity index (χ1) is 8.46. The zero-order chi connectivity index (χ0) is 15.0. The van der Waals surface area contributed by atoms with Crippen LogP contribution in [0.4, 0.5) is 27.0 Å². The molecular formula is C9H6F5NO3S. The zero-order valence-electron chi connectivity index (χ0n) is 9.14. The van der Waals surface area contributed by atoms with E-state index in [1.165, 1.54) is 12.2 Å². The first kappa shape index (κ1) is 15.3. The summed E-state index contributed by atoms with van der Waals surface area (Å²) in [7, 11) is 0. The Labute approximate surface area is 106 Å². The van der Waals surface area contributed by atoms with Crippen LogP contribution in [-0.2, 0) is 4.79 Å². The van der Waals surface area contributed by atoms with E-state index in [2.05, 4.69) is 0 Å². The fourth-order valence-electron chi connectivity index (χ4n) is 1.08. The van der Waals surface area contributed by atoms with Crippen LogP contribution in [0.1, 0.15) is 15.2 Å². The summed E-state index contributed by atoms with van der Waals surface area (Å²) < 4.78 is 60.9. The lowest BCUT2D eigenvalue weighted by molar-refractivity contribution is -0.267. The van der Waals surface area contributed by atoms with Gasteiger partial charge >= 0.3 is 24.0 Å². The molecule has 0 radical (unpaired) electrons. The van der Waals surface area contributed by atoms with Crippen molar-refractivity contribution in [1.29, 1.82) is 0 Å². The van der Waals surface area contributed by atoms with Crippen LogP contribution in [0.25, 0.3) is 0 Å². The number of aromatic carboxylic acids is 1. The van der Waals surface area contributed by atoms with Crippen molar-refractivity contribution < 1.29 is 36.6 Å². The molecule has 0 aromatic carbocycles. The van der Waals surface area contributed by atoms with Crippen molar-refractivity contribution in [3.63, 3.8) is 0 Å². The molecule has 106 valence electrons. The third-order valence-electron chi connectivity index (χ3n) is 1.99. The molecule has 0 aliphatic rings. The largest absolute Gasteiger partial charge is 0.477 e. The maximum atomic E-state index is 12.6. The van der Waals surface area contributed by atoms with Crippen LogP contribution >= 0.6 is 11.3 Å². The first-order valence-electron chi connectivity index (χ1n) is 4.56. The number of rotatable bonds is 3. The van der Waals surface area contributed by atoms with E-state index < -0.39 is 29.0 Å². The average Bonchev–Trinajstić information content (AvgIpc) is 2.57. The third kappa shape index (κ3) is 3.00. The maximum absolute atomic E-state index is 12.6. The molecule has 1 amide bonds. The zero-order valence-corrected chi connectivity index (χ0v) is 9.96. The molecule has 0 saturated heterocycles. The fourth-order valence-corrected chi connectivity index (χ4v) is 1.98. The number of hydrogen-bond donors (Lipinski definition) is 2. The van der Waals surface area contributed by atoms with Gasteiger partial charge in [-0.2, -0.15) is 22.0 Å². The molecule has 0 atom stereocenters. The highest BCUT2D eigenvalue weighted by Gasteiger charge is 2.63. The van der Waals surface area contributed by atoms with E-state index in [4.69, 9.17) is 5.11 Å². The molecule has 4 nitrogen and oxygen atoms in total. The van der Waals surface area contributed by atoms with Crippen LogP contribution < -0.4 is 5.32 Å². The lowest BCUT2D eigenvalue weighted by Crippen LogP contribution is -2.47. The highest BCUT2D eigenvalue weighted by Crippen LogP contribution is 2.37. The van der Waals surface area contributed by atoms with Gasteiger partial charge < -0.3 is 10.4 Å².